The van der Waals surface area contributed by atoms with Crippen molar-refractivity contribution in [3.63, 3.8) is 0 Å². The summed E-state index contributed by atoms with van der Waals surface area (Å²) in [5, 5.41) is 13.0. The molecule has 1 aliphatic rings. The van der Waals surface area contributed by atoms with Crippen LogP contribution >= 0.6 is 0 Å². The molecule has 1 aliphatic carbocycles. The third-order valence-corrected chi connectivity index (χ3v) is 3.32. The second-order valence-electron chi connectivity index (χ2n) is 4.98. The van der Waals surface area contributed by atoms with E-state index < -0.39 is 0 Å². The SMILES string of the molecule is CC(C)c1noc(CN(CCO)C2CCC2)n1. The highest BCUT2D eigenvalue weighted by Gasteiger charge is 2.26. The number of rotatable bonds is 6. The fourth-order valence-electron chi connectivity index (χ4n) is 2.01. The second kappa shape index (κ2) is 5.60. The number of aromatic nitrogens is 2. The number of hydrogen-bond donors (Lipinski definition) is 1. The Bertz CT molecular complexity index is 347. The molecule has 1 aromatic heterocycles. The van der Waals surface area contributed by atoms with Crippen LogP contribution in [0.15, 0.2) is 4.52 Å². The van der Waals surface area contributed by atoms with Crippen molar-refractivity contribution in [1.82, 2.24) is 15.0 Å². The minimum atomic E-state index is 0.182. The van der Waals surface area contributed by atoms with Crippen LogP contribution in [0.1, 0.15) is 50.7 Å². The number of aliphatic hydroxyl groups is 1. The molecule has 1 aromatic rings. The van der Waals surface area contributed by atoms with E-state index in [2.05, 4.69) is 15.0 Å². The molecule has 1 saturated carbocycles. The van der Waals surface area contributed by atoms with Crippen LogP contribution in [-0.4, -0.2) is 39.3 Å². The van der Waals surface area contributed by atoms with Crippen molar-refractivity contribution in [2.24, 2.45) is 0 Å². The van der Waals surface area contributed by atoms with Gasteiger partial charge in [-0.25, -0.2) is 0 Å². The lowest BCUT2D eigenvalue weighted by Crippen LogP contribution is -2.41. The summed E-state index contributed by atoms with van der Waals surface area (Å²) in [5.41, 5.74) is 0. The average molecular weight is 239 g/mol. The van der Waals surface area contributed by atoms with Gasteiger partial charge in [-0.1, -0.05) is 25.4 Å². The van der Waals surface area contributed by atoms with E-state index in [0.29, 0.717) is 30.9 Å². The highest BCUT2D eigenvalue weighted by molar-refractivity contribution is 4.92. The number of hydrogen-bond acceptors (Lipinski definition) is 5. The largest absolute Gasteiger partial charge is 0.395 e. The third-order valence-electron chi connectivity index (χ3n) is 3.32. The van der Waals surface area contributed by atoms with Gasteiger partial charge in [0.2, 0.25) is 5.89 Å². The lowest BCUT2D eigenvalue weighted by Gasteiger charge is -2.36. The minimum Gasteiger partial charge on any atom is -0.395 e. The van der Waals surface area contributed by atoms with E-state index in [9.17, 15) is 0 Å². The molecule has 96 valence electrons. The van der Waals surface area contributed by atoms with Gasteiger partial charge in [0.1, 0.15) is 0 Å². The zero-order valence-electron chi connectivity index (χ0n) is 10.6. The lowest BCUT2D eigenvalue weighted by molar-refractivity contribution is 0.0838. The van der Waals surface area contributed by atoms with Crippen molar-refractivity contribution in [2.45, 2.75) is 51.6 Å². The lowest BCUT2D eigenvalue weighted by atomic mass is 9.91. The predicted molar refractivity (Wildman–Crippen MR) is 63.5 cm³/mol. The highest BCUT2D eigenvalue weighted by Crippen LogP contribution is 2.25. The van der Waals surface area contributed by atoms with Crippen LogP contribution in [0.25, 0.3) is 0 Å². The molecule has 0 spiro atoms. The average Bonchev–Trinajstić information content (AvgIpc) is 2.64. The maximum absolute atomic E-state index is 9.07. The molecule has 1 heterocycles. The summed E-state index contributed by atoms with van der Waals surface area (Å²) in [4.78, 5) is 6.61. The first-order chi connectivity index (χ1) is 8.20. The maximum Gasteiger partial charge on any atom is 0.240 e. The first-order valence-corrected chi connectivity index (χ1v) is 6.38. The van der Waals surface area contributed by atoms with E-state index in [1.165, 1.54) is 19.3 Å². The van der Waals surface area contributed by atoms with Gasteiger partial charge in [-0.3, -0.25) is 4.90 Å². The van der Waals surface area contributed by atoms with Crippen molar-refractivity contribution in [3.05, 3.63) is 11.7 Å². The Morgan fingerprint density at radius 3 is 2.71 bits per heavy atom. The van der Waals surface area contributed by atoms with Crippen LogP contribution in [0.4, 0.5) is 0 Å². The Morgan fingerprint density at radius 1 is 1.47 bits per heavy atom. The molecule has 2 rings (SSSR count). The highest BCUT2D eigenvalue weighted by atomic mass is 16.5. The van der Waals surface area contributed by atoms with E-state index in [0.717, 1.165) is 5.82 Å². The normalized spacial score (nSPS) is 16.8. The van der Waals surface area contributed by atoms with Gasteiger partial charge >= 0.3 is 0 Å². The van der Waals surface area contributed by atoms with Gasteiger partial charge in [-0.05, 0) is 12.8 Å². The zero-order valence-corrected chi connectivity index (χ0v) is 10.6. The summed E-state index contributed by atoms with van der Waals surface area (Å²) in [6, 6.07) is 0.580. The van der Waals surface area contributed by atoms with Gasteiger partial charge < -0.3 is 9.63 Å². The Balaban J connectivity index is 1.95. The summed E-state index contributed by atoms with van der Waals surface area (Å²) < 4.78 is 5.24. The van der Waals surface area contributed by atoms with E-state index in [1.807, 2.05) is 13.8 Å². The molecule has 5 heteroatoms. The molecular weight excluding hydrogens is 218 g/mol. The van der Waals surface area contributed by atoms with Crippen LogP contribution in [0.5, 0.6) is 0 Å². The van der Waals surface area contributed by atoms with Crippen LogP contribution in [0.2, 0.25) is 0 Å². The molecule has 0 saturated heterocycles. The first-order valence-electron chi connectivity index (χ1n) is 6.38. The van der Waals surface area contributed by atoms with E-state index in [-0.39, 0.29) is 6.61 Å². The molecule has 0 bridgehead atoms. The Labute approximate surface area is 102 Å². The summed E-state index contributed by atoms with van der Waals surface area (Å²) >= 11 is 0. The molecule has 0 aromatic carbocycles. The van der Waals surface area contributed by atoms with E-state index in [1.54, 1.807) is 0 Å². The number of aliphatic hydroxyl groups excluding tert-OH is 1. The first kappa shape index (κ1) is 12.5. The van der Waals surface area contributed by atoms with Crippen molar-refractivity contribution >= 4 is 0 Å². The fourth-order valence-corrected chi connectivity index (χ4v) is 2.01. The van der Waals surface area contributed by atoms with Crippen LogP contribution in [0.3, 0.4) is 0 Å². The molecule has 1 N–H and O–H groups in total. The van der Waals surface area contributed by atoms with Crippen LogP contribution in [0, 0.1) is 0 Å². The Hall–Kier alpha value is -0.940. The smallest absolute Gasteiger partial charge is 0.240 e. The quantitative estimate of drug-likeness (QED) is 0.816. The van der Waals surface area contributed by atoms with Gasteiger partial charge in [0.05, 0.1) is 13.2 Å². The topological polar surface area (TPSA) is 62.4 Å². The van der Waals surface area contributed by atoms with Crippen molar-refractivity contribution in [3.8, 4) is 0 Å². The number of nitrogens with zero attached hydrogens (tertiary/aromatic N) is 3. The Kier molecular flexibility index (Phi) is 4.12. The molecule has 5 nitrogen and oxygen atoms in total. The Morgan fingerprint density at radius 2 is 2.24 bits per heavy atom. The summed E-state index contributed by atoms with van der Waals surface area (Å²) in [7, 11) is 0. The maximum atomic E-state index is 9.07. The predicted octanol–water partition coefficient (Wildman–Crippen LogP) is 1.54. The zero-order chi connectivity index (χ0) is 12.3. The molecule has 0 amide bonds. The van der Waals surface area contributed by atoms with Gasteiger partial charge in [0.25, 0.3) is 0 Å². The third kappa shape index (κ3) is 3.04. The molecule has 17 heavy (non-hydrogen) atoms. The van der Waals surface area contributed by atoms with Crippen molar-refractivity contribution in [2.75, 3.05) is 13.2 Å². The van der Waals surface area contributed by atoms with Crippen molar-refractivity contribution < 1.29 is 9.63 Å². The van der Waals surface area contributed by atoms with Crippen molar-refractivity contribution in [1.29, 1.82) is 0 Å². The second-order valence-corrected chi connectivity index (χ2v) is 4.98. The molecule has 0 unspecified atom stereocenters. The molecule has 0 radical (unpaired) electrons. The molecule has 0 atom stereocenters. The summed E-state index contributed by atoms with van der Waals surface area (Å²) in [6.07, 6.45) is 3.71. The van der Waals surface area contributed by atoms with Gasteiger partial charge in [-0.15, -0.1) is 0 Å². The van der Waals surface area contributed by atoms with Gasteiger partial charge in [0, 0.05) is 18.5 Å². The summed E-state index contributed by atoms with van der Waals surface area (Å²) in [6.45, 7) is 5.62. The van der Waals surface area contributed by atoms with Gasteiger partial charge in [-0.2, -0.15) is 4.98 Å². The van der Waals surface area contributed by atoms with Gasteiger partial charge in [0.15, 0.2) is 5.82 Å². The monoisotopic (exact) mass is 239 g/mol. The standard InChI is InChI=1S/C12H21N3O2/c1-9(2)12-13-11(17-14-12)8-15(6-7-16)10-4-3-5-10/h9-10,16H,3-8H2,1-2H3. The summed E-state index contributed by atoms with van der Waals surface area (Å²) in [5.74, 6) is 1.72. The fraction of sp³-hybridized carbons (Fsp3) is 0.833. The van der Waals surface area contributed by atoms with E-state index in [4.69, 9.17) is 9.63 Å². The van der Waals surface area contributed by atoms with E-state index >= 15 is 0 Å². The van der Waals surface area contributed by atoms with Crippen LogP contribution < -0.4 is 0 Å². The van der Waals surface area contributed by atoms with Crippen LogP contribution in [-0.2, 0) is 6.54 Å². The molecular formula is C12H21N3O2. The molecule has 1 fully saturated rings. The minimum absolute atomic E-state index is 0.182. The molecule has 0 aliphatic heterocycles.